The molecule has 0 saturated carbocycles. The number of halogens is 5. The number of hydrogen-bond acceptors (Lipinski definition) is 3. The van der Waals surface area contributed by atoms with Gasteiger partial charge in [0.15, 0.2) is 0 Å². The van der Waals surface area contributed by atoms with Crippen molar-refractivity contribution >= 4 is 0 Å². The second-order valence-corrected chi connectivity index (χ2v) is 2.30. The summed E-state index contributed by atoms with van der Waals surface area (Å²) in [5.41, 5.74) is 0. The molecule has 0 aromatic heterocycles. The van der Waals surface area contributed by atoms with Crippen molar-refractivity contribution < 1.29 is 36.5 Å². The molecule has 3 unspecified atom stereocenters. The largest absolute Gasteiger partial charge is 0.419 e. The smallest absolute Gasteiger partial charge is 0.358 e. The van der Waals surface area contributed by atoms with E-state index in [2.05, 4.69) is 14.4 Å². The van der Waals surface area contributed by atoms with Crippen LogP contribution in [0.15, 0.2) is 0 Å². The molecular weight excluding hydrogens is 203 g/mol. The summed E-state index contributed by atoms with van der Waals surface area (Å²) in [6.45, 7) is -0.899. The van der Waals surface area contributed by atoms with Crippen molar-refractivity contribution in [3.63, 3.8) is 0 Å². The maximum atomic E-state index is 12.2. The molecule has 1 aliphatic heterocycles. The maximum absolute atomic E-state index is 12.2. The van der Waals surface area contributed by atoms with Crippen LogP contribution < -0.4 is 0 Å². The van der Waals surface area contributed by atoms with Crippen LogP contribution in [0.1, 0.15) is 0 Å². The van der Waals surface area contributed by atoms with Gasteiger partial charge < -0.3 is 9.47 Å². The van der Waals surface area contributed by atoms with Gasteiger partial charge in [0.05, 0.1) is 0 Å². The predicted molar refractivity (Wildman–Crippen MR) is 27.8 cm³/mol. The molecule has 0 aromatic carbocycles. The first kappa shape index (κ1) is 10.6. The molecule has 3 atom stereocenters. The Morgan fingerprint density at radius 2 is 1.92 bits per heavy atom. The van der Waals surface area contributed by atoms with Crippen LogP contribution in [0.2, 0.25) is 0 Å². The number of hydrogen-bond donors (Lipinski definition) is 0. The van der Waals surface area contributed by atoms with Crippen LogP contribution in [0.3, 0.4) is 0 Å². The van der Waals surface area contributed by atoms with Crippen molar-refractivity contribution in [3.8, 4) is 0 Å². The van der Waals surface area contributed by atoms with Gasteiger partial charge in [-0.3, -0.25) is 0 Å². The summed E-state index contributed by atoms with van der Waals surface area (Å²) in [7, 11) is 0. The maximum Gasteiger partial charge on any atom is 0.419 e. The van der Waals surface area contributed by atoms with Crippen LogP contribution in [0.5, 0.6) is 0 Å². The second kappa shape index (κ2) is 3.72. The van der Waals surface area contributed by atoms with E-state index in [9.17, 15) is 22.1 Å². The predicted octanol–water partition coefficient (Wildman–Crippen LogP) is 1.49. The number of ether oxygens (including phenoxy) is 2. The van der Waals surface area contributed by atoms with E-state index in [1.807, 2.05) is 0 Å². The Balaban J connectivity index is 2.63. The summed E-state index contributed by atoms with van der Waals surface area (Å²) in [5.74, 6) is 0. The molecular formula is C5H5F5O3. The summed E-state index contributed by atoms with van der Waals surface area (Å²) >= 11 is 0. The number of alkyl halides is 4. The van der Waals surface area contributed by atoms with Crippen LogP contribution in [-0.2, 0) is 14.4 Å². The molecule has 1 fully saturated rings. The lowest BCUT2D eigenvalue weighted by Gasteiger charge is -2.31. The highest BCUT2D eigenvalue weighted by Crippen LogP contribution is 2.31. The molecule has 78 valence electrons. The minimum absolute atomic E-state index is 0.899. The van der Waals surface area contributed by atoms with Crippen molar-refractivity contribution in [2.75, 3.05) is 6.61 Å². The van der Waals surface area contributed by atoms with Gasteiger partial charge in [-0.2, -0.15) is 18.1 Å². The quantitative estimate of drug-likeness (QED) is 0.611. The first-order valence-electron chi connectivity index (χ1n) is 3.20. The Morgan fingerprint density at radius 3 is 2.38 bits per heavy atom. The molecule has 0 radical (unpaired) electrons. The third kappa shape index (κ3) is 2.48. The van der Waals surface area contributed by atoms with E-state index in [-0.39, 0.29) is 0 Å². The summed E-state index contributed by atoms with van der Waals surface area (Å²) in [5, 5.41) is 0. The topological polar surface area (TPSA) is 27.7 Å². The van der Waals surface area contributed by atoms with Gasteiger partial charge >= 0.3 is 6.18 Å². The van der Waals surface area contributed by atoms with Crippen molar-refractivity contribution in [2.24, 2.45) is 0 Å². The van der Waals surface area contributed by atoms with Gasteiger partial charge in [0.1, 0.15) is 6.61 Å². The fourth-order valence-corrected chi connectivity index (χ4v) is 0.831. The Morgan fingerprint density at radius 1 is 1.31 bits per heavy atom. The van der Waals surface area contributed by atoms with Crippen LogP contribution in [0, 0.1) is 0 Å². The lowest BCUT2D eigenvalue weighted by molar-refractivity contribution is -0.403. The minimum Gasteiger partial charge on any atom is -0.358 e. The zero-order valence-electron chi connectivity index (χ0n) is 6.05. The second-order valence-electron chi connectivity index (χ2n) is 2.30. The highest BCUT2D eigenvalue weighted by atomic mass is 19.4. The Hall–Kier alpha value is -0.470. The van der Waals surface area contributed by atoms with Crippen molar-refractivity contribution in [2.45, 2.75) is 24.9 Å². The fraction of sp³-hybridized carbons (Fsp3) is 1.00. The highest BCUT2D eigenvalue weighted by molar-refractivity contribution is 4.74. The van der Waals surface area contributed by atoms with E-state index in [1.165, 1.54) is 0 Å². The molecule has 0 N–H and O–H groups in total. The van der Waals surface area contributed by atoms with Crippen molar-refractivity contribution in [1.29, 1.82) is 0 Å². The average Bonchev–Trinajstić information content (AvgIpc) is 2.01. The van der Waals surface area contributed by atoms with Gasteiger partial charge in [0, 0.05) is 0 Å². The summed E-state index contributed by atoms with van der Waals surface area (Å²) in [6.07, 6.45) is -12.0. The third-order valence-electron chi connectivity index (χ3n) is 1.35. The van der Waals surface area contributed by atoms with Crippen molar-refractivity contribution in [3.05, 3.63) is 0 Å². The lowest BCUT2D eigenvalue weighted by Crippen LogP contribution is -2.50. The van der Waals surface area contributed by atoms with Crippen LogP contribution in [0.25, 0.3) is 0 Å². The molecule has 13 heavy (non-hydrogen) atoms. The SMILES string of the molecule is FOC1OC(F)COC1C(F)(F)F. The van der Waals surface area contributed by atoms with E-state index in [4.69, 9.17) is 0 Å². The molecule has 0 aliphatic carbocycles. The van der Waals surface area contributed by atoms with Gasteiger partial charge in [0.25, 0.3) is 0 Å². The number of rotatable bonds is 1. The molecule has 1 saturated heterocycles. The summed E-state index contributed by atoms with van der Waals surface area (Å²) < 4.78 is 67.3. The average molecular weight is 208 g/mol. The first-order chi connectivity index (χ1) is 5.95. The Kier molecular flexibility index (Phi) is 3.04. The zero-order chi connectivity index (χ0) is 10.1. The third-order valence-corrected chi connectivity index (χ3v) is 1.35. The summed E-state index contributed by atoms with van der Waals surface area (Å²) in [4.78, 5) is 2.79. The molecule has 0 amide bonds. The van der Waals surface area contributed by atoms with Gasteiger partial charge in [-0.15, -0.1) is 0 Å². The van der Waals surface area contributed by atoms with Gasteiger partial charge in [-0.05, 0) is 4.53 Å². The van der Waals surface area contributed by atoms with E-state index >= 15 is 0 Å². The standard InChI is InChI=1S/C5H5F5O3/c6-2-1-11-3(5(7,8)9)4(12-2)13-10/h2-4H,1H2. The molecule has 3 nitrogen and oxygen atoms in total. The van der Waals surface area contributed by atoms with Gasteiger partial charge in [0.2, 0.25) is 18.8 Å². The van der Waals surface area contributed by atoms with Gasteiger partial charge in [-0.25, -0.2) is 4.39 Å². The molecule has 0 spiro atoms. The molecule has 1 heterocycles. The van der Waals surface area contributed by atoms with Crippen LogP contribution in [0.4, 0.5) is 22.1 Å². The van der Waals surface area contributed by atoms with E-state index < -0.39 is 31.5 Å². The molecule has 1 rings (SSSR count). The van der Waals surface area contributed by atoms with E-state index in [0.717, 1.165) is 0 Å². The van der Waals surface area contributed by atoms with E-state index in [1.54, 1.807) is 0 Å². The lowest BCUT2D eigenvalue weighted by atomic mass is 10.3. The van der Waals surface area contributed by atoms with Gasteiger partial charge in [-0.1, -0.05) is 0 Å². The Bertz CT molecular complexity index is 172. The monoisotopic (exact) mass is 208 g/mol. The Labute approximate surface area is 69.3 Å². The van der Waals surface area contributed by atoms with Crippen LogP contribution >= 0.6 is 0 Å². The first-order valence-corrected chi connectivity index (χ1v) is 3.20. The zero-order valence-corrected chi connectivity index (χ0v) is 6.05. The highest BCUT2D eigenvalue weighted by Gasteiger charge is 2.51. The molecule has 1 aliphatic rings. The summed E-state index contributed by atoms with van der Waals surface area (Å²) in [6, 6.07) is 0. The molecule has 8 heteroatoms. The van der Waals surface area contributed by atoms with E-state index in [0.29, 0.717) is 0 Å². The minimum atomic E-state index is -4.85. The van der Waals surface area contributed by atoms with Crippen molar-refractivity contribution in [1.82, 2.24) is 0 Å². The fourth-order valence-electron chi connectivity index (χ4n) is 0.831. The molecule has 0 aromatic rings. The van der Waals surface area contributed by atoms with Crippen LogP contribution in [-0.4, -0.2) is 31.5 Å². The normalized spacial score (nSPS) is 36.2. The molecule has 0 bridgehead atoms.